The van der Waals surface area contributed by atoms with Crippen LogP contribution in [0.3, 0.4) is 0 Å². The van der Waals surface area contributed by atoms with Crippen LogP contribution >= 0.6 is 0 Å². The van der Waals surface area contributed by atoms with E-state index in [0.29, 0.717) is 6.29 Å². The Labute approximate surface area is 87.1 Å². The van der Waals surface area contributed by atoms with Gasteiger partial charge in [-0.3, -0.25) is 9.59 Å². The molecule has 1 aliphatic heterocycles. The Morgan fingerprint density at radius 1 is 1.33 bits per heavy atom. The van der Waals surface area contributed by atoms with Gasteiger partial charge in [0.15, 0.2) is 11.7 Å². The maximum absolute atomic E-state index is 11.4. The third kappa shape index (κ3) is 2.07. The van der Waals surface area contributed by atoms with Gasteiger partial charge in [-0.15, -0.1) is 0 Å². The zero-order chi connectivity index (χ0) is 10.7. The third-order valence-electron chi connectivity index (χ3n) is 2.51. The summed E-state index contributed by atoms with van der Waals surface area (Å²) < 4.78 is 0. The first kappa shape index (κ1) is 9.92. The molecular weight excluding hydrogens is 194 g/mol. The number of rotatable bonds is 2. The summed E-state index contributed by atoms with van der Waals surface area (Å²) in [7, 11) is 0. The van der Waals surface area contributed by atoms with Crippen LogP contribution in [0.2, 0.25) is 0 Å². The van der Waals surface area contributed by atoms with Gasteiger partial charge in [0.2, 0.25) is 0 Å². The summed E-state index contributed by atoms with van der Waals surface area (Å²) in [6.07, 6.45) is 2.03. The second-order valence-electron chi connectivity index (χ2n) is 3.49. The summed E-state index contributed by atoms with van der Waals surface area (Å²) in [5.74, 6) is 0.784. The second-order valence-corrected chi connectivity index (χ2v) is 3.49. The molecule has 5 heteroatoms. The maximum Gasteiger partial charge on any atom is 0.194 e. The minimum atomic E-state index is -0.225. The summed E-state index contributed by atoms with van der Waals surface area (Å²) in [6.45, 7) is 3.57. The van der Waals surface area contributed by atoms with Crippen LogP contribution in [0.15, 0.2) is 17.1 Å². The lowest BCUT2D eigenvalue weighted by Crippen LogP contribution is -2.44. The monoisotopic (exact) mass is 207 g/mol. The normalized spacial score (nSPS) is 16.4. The lowest BCUT2D eigenvalue weighted by atomic mass is 10.2. The standard InChI is InChI=1S/C10H13N3O2/c14-7-8-6-12-10(5-9(8)15)13-3-1-11-2-4-13/h5-7,11H,1-4H2,(H,12,15). The summed E-state index contributed by atoms with van der Waals surface area (Å²) >= 11 is 0. The topological polar surface area (TPSA) is 65.2 Å². The fraction of sp³-hybridized carbons (Fsp3) is 0.400. The first-order valence-electron chi connectivity index (χ1n) is 4.95. The number of carbonyl (C=O) groups is 1. The number of aromatic amines is 1. The highest BCUT2D eigenvalue weighted by molar-refractivity contribution is 5.74. The van der Waals surface area contributed by atoms with Gasteiger partial charge >= 0.3 is 0 Å². The van der Waals surface area contributed by atoms with Crippen LogP contribution < -0.4 is 15.6 Å². The molecule has 2 N–H and O–H groups in total. The molecule has 0 atom stereocenters. The highest BCUT2D eigenvalue weighted by atomic mass is 16.1. The Balaban J connectivity index is 2.25. The van der Waals surface area contributed by atoms with Crippen molar-refractivity contribution in [1.29, 1.82) is 0 Å². The number of piperazine rings is 1. The van der Waals surface area contributed by atoms with Crippen LogP contribution in [-0.2, 0) is 0 Å². The highest BCUT2D eigenvalue weighted by Gasteiger charge is 2.11. The van der Waals surface area contributed by atoms with Gasteiger partial charge in [-0.1, -0.05) is 0 Å². The molecule has 0 aromatic carbocycles. The Kier molecular flexibility index (Phi) is 2.82. The molecular formula is C10H13N3O2. The Morgan fingerprint density at radius 3 is 2.67 bits per heavy atom. The predicted octanol–water partition coefficient (Wildman–Crippen LogP) is -0.403. The summed E-state index contributed by atoms with van der Waals surface area (Å²) in [6, 6.07) is 1.48. The summed E-state index contributed by atoms with van der Waals surface area (Å²) in [5.41, 5.74) is -0.0498. The molecule has 0 bridgehead atoms. The van der Waals surface area contributed by atoms with E-state index in [1.165, 1.54) is 12.3 Å². The number of H-pyrrole nitrogens is 1. The average Bonchev–Trinajstić information content (AvgIpc) is 2.30. The molecule has 0 aliphatic carbocycles. The lowest BCUT2D eigenvalue weighted by molar-refractivity contribution is 0.112. The van der Waals surface area contributed by atoms with Gasteiger partial charge in [0.25, 0.3) is 0 Å². The zero-order valence-corrected chi connectivity index (χ0v) is 8.32. The number of nitrogens with one attached hydrogen (secondary N) is 2. The smallest absolute Gasteiger partial charge is 0.194 e. The predicted molar refractivity (Wildman–Crippen MR) is 57.5 cm³/mol. The molecule has 1 fully saturated rings. The molecule has 5 nitrogen and oxygen atoms in total. The van der Waals surface area contributed by atoms with Crippen molar-refractivity contribution in [3.63, 3.8) is 0 Å². The van der Waals surface area contributed by atoms with Crippen LogP contribution in [0.1, 0.15) is 10.4 Å². The number of aromatic nitrogens is 1. The Morgan fingerprint density at radius 2 is 2.07 bits per heavy atom. The molecule has 0 saturated carbocycles. The molecule has 2 heterocycles. The van der Waals surface area contributed by atoms with Crippen molar-refractivity contribution >= 4 is 12.1 Å². The molecule has 1 aliphatic rings. The van der Waals surface area contributed by atoms with Crippen LogP contribution in [0.4, 0.5) is 5.82 Å². The first-order chi connectivity index (χ1) is 7.31. The van der Waals surface area contributed by atoms with Gasteiger partial charge in [0, 0.05) is 38.4 Å². The number of hydrogen-bond donors (Lipinski definition) is 2. The van der Waals surface area contributed by atoms with Crippen molar-refractivity contribution in [3.8, 4) is 0 Å². The van der Waals surface area contributed by atoms with Crippen LogP contribution in [0.25, 0.3) is 0 Å². The van der Waals surface area contributed by atoms with E-state index in [2.05, 4.69) is 15.2 Å². The van der Waals surface area contributed by atoms with Gasteiger partial charge in [-0.2, -0.15) is 0 Å². The average molecular weight is 207 g/mol. The molecule has 15 heavy (non-hydrogen) atoms. The molecule has 1 aromatic rings. The van der Waals surface area contributed by atoms with Crippen molar-refractivity contribution in [2.24, 2.45) is 0 Å². The minimum absolute atomic E-state index is 0.175. The van der Waals surface area contributed by atoms with E-state index in [1.807, 2.05) is 0 Å². The van der Waals surface area contributed by atoms with E-state index < -0.39 is 0 Å². The van der Waals surface area contributed by atoms with Gasteiger partial charge in [0.1, 0.15) is 5.82 Å². The van der Waals surface area contributed by atoms with Crippen molar-refractivity contribution in [2.75, 3.05) is 31.1 Å². The Bertz CT molecular complexity index is 407. The van der Waals surface area contributed by atoms with Crippen LogP contribution in [0, 0.1) is 0 Å². The molecule has 0 radical (unpaired) electrons. The first-order valence-corrected chi connectivity index (χ1v) is 4.95. The molecule has 2 rings (SSSR count). The van der Waals surface area contributed by atoms with E-state index in [0.717, 1.165) is 32.0 Å². The van der Waals surface area contributed by atoms with E-state index in [-0.39, 0.29) is 11.0 Å². The van der Waals surface area contributed by atoms with Crippen LogP contribution in [0.5, 0.6) is 0 Å². The highest BCUT2D eigenvalue weighted by Crippen LogP contribution is 2.07. The number of pyridine rings is 1. The molecule has 1 aromatic heterocycles. The maximum atomic E-state index is 11.4. The third-order valence-corrected chi connectivity index (χ3v) is 2.51. The number of anilines is 1. The van der Waals surface area contributed by atoms with Gasteiger partial charge in [-0.25, -0.2) is 0 Å². The zero-order valence-electron chi connectivity index (χ0n) is 8.32. The molecule has 0 spiro atoms. The molecule has 1 saturated heterocycles. The van der Waals surface area contributed by atoms with Gasteiger partial charge in [0.05, 0.1) is 5.56 Å². The van der Waals surface area contributed by atoms with Gasteiger partial charge < -0.3 is 15.2 Å². The number of hydrogen-bond acceptors (Lipinski definition) is 4. The molecule has 0 amide bonds. The fourth-order valence-electron chi connectivity index (χ4n) is 1.65. The number of carbonyl (C=O) groups excluding carboxylic acids is 1. The fourth-order valence-corrected chi connectivity index (χ4v) is 1.65. The molecule has 0 unspecified atom stereocenters. The van der Waals surface area contributed by atoms with E-state index in [1.54, 1.807) is 0 Å². The van der Waals surface area contributed by atoms with E-state index in [9.17, 15) is 9.59 Å². The second kappa shape index (κ2) is 4.27. The van der Waals surface area contributed by atoms with Crippen molar-refractivity contribution < 1.29 is 4.79 Å². The van der Waals surface area contributed by atoms with Gasteiger partial charge in [-0.05, 0) is 0 Å². The summed E-state index contributed by atoms with van der Waals surface area (Å²) in [5, 5.41) is 3.23. The van der Waals surface area contributed by atoms with Crippen LogP contribution in [-0.4, -0.2) is 37.4 Å². The van der Waals surface area contributed by atoms with E-state index >= 15 is 0 Å². The summed E-state index contributed by atoms with van der Waals surface area (Å²) in [4.78, 5) is 26.9. The SMILES string of the molecule is O=Cc1c[nH]c(N2CCNCC2)cc1=O. The quantitative estimate of drug-likeness (QED) is 0.647. The number of aldehydes is 1. The number of nitrogens with zero attached hydrogens (tertiary/aromatic N) is 1. The van der Waals surface area contributed by atoms with E-state index in [4.69, 9.17) is 0 Å². The Hall–Kier alpha value is -1.62. The van der Waals surface area contributed by atoms with Crippen molar-refractivity contribution in [1.82, 2.24) is 10.3 Å². The minimum Gasteiger partial charge on any atom is -0.356 e. The largest absolute Gasteiger partial charge is 0.356 e. The van der Waals surface area contributed by atoms with Crippen molar-refractivity contribution in [2.45, 2.75) is 0 Å². The molecule has 80 valence electrons. The van der Waals surface area contributed by atoms with Crippen molar-refractivity contribution in [3.05, 3.63) is 28.0 Å². The lowest BCUT2D eigenvalue weighted by Gasteiger charge is -2.28.